The first-order valence-electron chi connectivity index (χ1n) is 6.44. The minimum atomic E-state index is -0.972. The smallest absolute Gasteiger partial charge is 0.311 e. The van der Waals surface area contributed by atoms with Gasteiger partial charge >= 0.3 is 5.97 Å². The van der Waals surface area contributed by atoms with Crippen LogP contribution >= 0.6 is 11.8 Å². The summed E-state index contributed by atoms with van der Waals surface area (Å²) in [6, 6.07) is -0.537. The summed E-state index contributed by atoms with van der Waals surface area (Å²) in [5.41, 5.74) is 0.972. The topological polar surface area (TPSA) is 101 Å². The molecular formula is C13H17N3O4S. The van der Waals surface area contributed by atoms with Gasteiger partial charge in [-0.25, -0.2) is 9.97 Å². The highest BCUT2D eigenvalue weighted by Crippen LogP contribution is 2.21. The summed E-state index contributed by atoms with van der Waals surface area (Å²) in [6.07, 6.45) is 1.83. The Morgan fingerprint density at radius 2 is 2.05 bits per heavy atom. The van der Waals surface area contributed by atoms with Gasteiger partial charge in [0, 0.05) is 0 Å². The Morgan fingerprint density at radius 3 is 2.67 bits per heavy atom. The maximum absolute atomic E-state index is 12.4. The number of carbonyl (C=O) groups is 2. The van der Waals surface area contributed by atoms with Crippen molar-refractivity contribution in [1.82, 2.24) is 15.3 Å². The molecule has 1 amide bonds. The molecule has 0 spiro atoms. The zero-order valence-corrected chi connectivity index (χ0v) is 12.9. The number of nitrogens with one attached hydrogen (secondary N) is 1. The number of nitrogens with zero attached hydrogens (tertiary/aromatic N) is 2. The van der Waals surface area contributed by atoms with E-state index in [1.165, 1.54) is 11.8 Å². The lowest BCUT2D eigenvalue weighted by molar-refractivity contribution is -0.142. The summed E-state index contributed by atoms with van der Waals surface area (Å²) in [6.45, 7) is 3.81. The predicted molar refractivity (Wildman–Crippen MR) is 76.5 cm³/mol. The number of rotatable bonds is 4. The second-order valence-electron chi connectivity index (χ2n) is 4.80. The van der Waals surface area contributed by atoms with Gasteiger partial charge < -0.3 is 15.2 Å². The van der Waals surface area contributed by atoms with Crippen molar-refractivity contribution in [2.75, 3.05) is 19.5 Å². The highest BCUT2D eigenvalue weighted by Gasteiger charge is 2.35. The first kappa shape index (κ1) is 15.7. The number of aryl methyl sites for hydroxylation is 2. The zero-order chi connectivity index (χ0) is 15.6. The van der Waals surface area contributed by atoms with E-state index in [2.05, 4.69) is 15.3 Å². The van der Waals surface area contributed by atoms with E-state index in [9.17, 15) is 9.59 Å². The molecule has 1 aliphatic heterocycles. The summed E-state index contributed by atoms with van der Waals surface area (Å²) < 4.78 is 5.14. The SMILES string of the molecule is CSc1nc(C)nc(C)c1C(=O)NC1COCC1C(=O)O. The molecule has 1 aliphatic rings. The normalized spacial score (nSPS) is 21.3. The summed E-state index contributed by atoms with van der Waals surface area (Å²) in [5.74, 6) is -1.46. The lowest BCUT2D eigenvalue weighted by Crippen LogP contribution is -2.43. The number of ether oxygens (including phenoxy) is 1. The predicted octanol–water partition coefficient (Wildman–Crippen LogP) is 0.645. The Kier molecular flexibility index (Phi) is 4.79. The van der Waals surface area contributed by atoms with Gasteiger partial charge in [-0.15, -0.1) is 11.8 Å². The van der Waals surface area contributed by atoms with Gasteiger partial charge in [0.2, 0.25) is 0 Å². The fourth-order valence-corrected chi connectivity index (χ4v) is 2.94. The molecular weight excluding hydrogens is 294 g/mol. The van der Waals surface area contributed by atoms with Crippen LogP contribution in [0, 0.1) is 19.8 Å². The van der Waals surface area contributed by atoms with Crippen molar-refractivity contribution in [3.05, 3.63) is 17.1 Å². The first-order valence-corrected chi connectivity index (χ1v) is 7.67. The van der Waals surface area contributed by atoms with Crippen LogP contribution in [-0.4, -0.2) is 52.5 Å². The van der Waals surface area contributed by atoms with Gasteiger partial charge in [-0.05, 0) is 20.1 Å². The number of aromatic nitrogens is 2. The third kappa shape index (κ3) is 3.33. The van der Waals surface area contributed by atoms with Crippen LogP contribution in [0.2, 0.25) is 0 Å². The molecule has 1 saturated heterocycles. The Hall–Kier alpha value is -1.67. The number of thioether (sulfide) groups is 1. The molecule has 8 heteroatoms. The van der Waals surface area contributed by atoms with E-state index >= 15 is 0 Å². The van der Waals surface area contributed by atoms with Crippen molar-refractivity contribution in [3.63, 3.8) is 0 Å². The highest BCUT2D eigenvalue weighted by atomic mass is 32.2. The lowest BCUT2D eigenvalue weighted by atomic mass is 10.0. The minimum Gasteiger partial charge on any atom is -0.481 e. The van der Waals surface area contributed by atoms with Crippen LogP contribution in [0.4, 0.5) is 0 Å². The quantitative estimate of drug-likeness (QED) is 0.621. The van der Waals surface area contributed by atoms with Gasteiger partial charge in [0.25, 0.3) is 5.91 Å². The van der Waals surface area contributed by atoms with Crippen molar-refractivity contribution < 1.29 is 19.4 Å². The number of carbonyl (C=O) groups excluding carboxylic acids is 1. The molecule has 2 N–H and O–H groups in total. The second-order valence-corrected chi connectivity index (χ2v) is 5.60. The van der Waals surface area contributed by atoms with E-state index < -0.39 is 17.9 Å². The van der Waals surface area contributed by atoms with Crippen LogP contribution in [0.25, 0.3) is 0 Å². The van der Waals surface area contributed by atoms with Crippen LogP contribution < -0.4 is 5.32 Å². The van der Waals surface area contributed by atoms with Crippen molar-refractivity contribution in [3.8, 4) is 0 Å². The summed E-state index contributed by atoms with van der Waals surface area (Å²) in [5, 5.41) is 12.4. The Labute approximate surface area is 126 Å². The largest absolute Gasteiger partial charge is 0.481 e. The molecule has 1 aromatic heterocycles. The van der Waals surface area contributed by atoms with Crippen LogP contribution in [-0.2, 0) is 9.53 Å². The fourth-order valence-electron chi connectivity index (χ4n) is 2.27. The molecule has 2 rings (SSSR count). The molecule has 2 unspecified atom stereocenters. The molecule has 114 valence electrons. The third-order valence-electron chi connectivity index (χ3n) is 3.30. The molecule has 1 aromatic rings. The molecule has 0 radical (unpaired) electrons. The van der Waals surface area contributed by atoms with Gasteiger partial charge in [0.1, 0.15) is 16.8 Å². The number of hydrogen-bond acceptors (Lipinski definition) is 6. The molecule has 2 atom stereocenters. The maximum Gasteiger partial charge on any atom is 0.311 e. The van der Waals surface area contributed by atoms with Crippen LogP contribution in [0.5, 0.6) is 0 Å². The zero-order valence-electron chi connectivity index (χ0n) is 12.0. The monoisotopic (exact) mass is 311 g/mol. The molecule has 21 heavy (non-hydrogen) atoms. The number of aliphatic carboxylic acids is 1. The van der Waals surface area contributed by atoms with Crippen LogP contribution in [0.15, 0.2) is 5.03 Å². The molecule has 1 fully saturated rings. The van der Waals surface area contributed by atoms with Gasteiger partial charge in [0.05, 0.1) is 30.5 Å². The van der Waals surface area contributed by atoms with Crippen molar-refractivity contribution in [2.45, 2.75) is 24.9 Å². The summed E-state index contributed by atoms with van der Waals surface area (Å²) in [7, 11) is 0. The summed E-state index contributed by atoms with van der Waals surface area (Å²) >= 11 is 1.36. The van der Waals surface area contributed by atoms with Crippen LogP contribution in [0.1, 0.15) is 21.9 Å². The van der Waals surface area contributed by atoms with E-state index in [0.717, 1.165) is 0 Å². The van der Waals surface area contributed by atoms with Crippen molar-refractivity contribution in [1.29, 1.82) is 0 Å². The third-order valence-corrected chi connectivity index (χ3v) is 3.99. The van der Waals surface area contributed by atoms with Gasteiger partial charge in [-0.2, -0.15) is 0 Å². The number of amides is 1. The first-order chi connectivity index (χ1) is 9.93. The van der Waals surface area contributed by atoms with Crippen molar-refractivity contribution >= 4 is 23.6 Å². The molecule has 0 saturated carbocycles. The van der Waals surface area contributed by atoms with E-state index in [4.69, 9.17) is 9.84 Å². The van der Waals surface area contributed by atoms with E-state index in [1.54, 1.807) is 13.8 Å². The Morgan fingerprint density at radius 1 is 1.33 bits per heavy atom. The van der Waals surface area contributed by atoms with Gasteiger partial charge in [0.15, 0.2) is 0 Å². The number of carboxylic acids is 1. The average Bonchev–Trinajstić information content (AvgIpc) is 2.85. The number of carboxylic acid groups (broad SMARTS) is 1. The molecule has 0 bridgehead atoms. The fraction of sp³-hybridized carbons (Fsp3) is 0.538. The average molecular weight is 311 g/mol. The van der Waals surface area contributed by atoms with Crippen molar-refractivity contribution in [2.24, 2.45) is 5.92 Å². The Balaban J connectivity index is 2.23. The standard InChI is InChI=1S/C13H17N3O4S/c1-6-10(12(21-3)15-7(2)14-6)11(17)16-9-5-20-4-8(9)13(18)19/h8-9H,4-5H2,1-3H3,(H,16,17)(H,18,19). The van der Waals surface area contributed by atoms with E-state index in [-0.39, 0.29) is 19.1 Å². The highest BCUT2D eigenvalue weighted by molar-refractivity contribution is 7.98. The molecule has 0 aromatic carbocycles. The summed E-state index contributed by atoms with van der Waals surface area (Å²) in [4.78, 5) is 32.0. The minimum absolute atomic E-state index is 0.110. The van der Waals surface area contributed by atoms with Gasteiger partial charge in [-0.1, -0.05) is 0 Å². The van der Waals surface area contributed by atoms with E-state index in [1.807, 2.05) is 6.26 Å². The number of hydrogen-bond donors (Lipinski definition) is 2. The lowest BCUT2D eigenvalue weighted by Gasteiger charge is -2.17. The second kappa shape index (κ2) is 6.40. The molecule has 2 heterocycles. The molecule has 7 nitrogen and oxygen atoms in total. The maximum atomic E-state index is 12.4. The molecule has 0 aliphatic carbocycles. The van der Waals surface area contributed by atoms with Crippen LogP contribution in [0.3, 0.4) is 0 Å². The van der Waals surface area contributed by atoms with E-state index in [0.29, 0.717) is 22.1 Å². The van der Waals surface area contributed by atoms with Gasteiger partial charge in [-0.3, -0.25) is 9.59 Å². The Bertz CT molecular complexity index is 579.